The van der Waals surface area contributed by atoms with Gasteiger partial charge in [0, 0.05) is 10.7 Å². The van der Waals surface area contributed by atoms with Crippen LogP contribution >= 0.6 is 15.9 Å². The van der Waals surface area contributed by atoms with E-state index in [9.17, 15) is 4.39 Å². The zero-order valence-electron chi connectivity index (χ0n) is 8.11. The van der Waals surface area contributed by atoms with Crippen molar-refractivity contribution >= 4 is 15.9 Å². The molecule has 2 aromatic rings. The largest absolute Gasteiger partial charge is 0.255 e. The molecule has 1 heterocycles. The molecule has 4 heteroatoms. The molecule has 0 saturated carbocycles. The Balaban J connectivity index is 2.73. The van der Waals surface area contributed by atoms with Gasteiger partial charge in [-0.25, -0.2) is 4.39 Å². The van der Waals surface area contributed by atoms with E-state index in [0.29, 0.717) is 21.3 Å². The molecule has 1 aromatic carbocycles. The number of hydrogen-bond donors (Lipinski definition) is 0. The van der Waals surface area contributed by atoms with Crippen molar-refractivity contribution in [2.45, 2.75) is 0 Å². The summed E-state index contributed by atoms with van der Waals surface area (Å²) in [5.41, 5.74) is 1.03. The lowest BCUT2D eigenvalue weighted by molar-refractivity contribution is 0.630. The lowest BCUT2D eigenvalue weighted by Crippen LogP contribution is -1.92. The van der Waals surface area contributed by atoms with E-state index in [-0.39, 0.29) is 0 Å². The highest BCUT2D eigenvalue weighted by atomic mass is 79.9. The summed E-state index contributed by atoms with van der Waals surface area (Å²) in [5, 5.41) is 8.93. The van der Waals surface area contributed by atoms with Crippen LogP contribution in [0.3, 0.4) is 0 Å². The van der Waals surface area contributed by atoms with Gasteiger partial charge < -0.3 is 0 Å². The SMILES string of the molecule is N#Cc1cccnc1-c1c(F)cccc1Br. The molecule has 0 N–H and O–H groups in total. The minimum atomic E-state index is -0.399. The lowest BCUT2D eigenvalue weighted by atomic mass is 10.1. The fraction of sp³-hybridized carbons (Fsp3) is 0. The Morgan fingerprint density at radius 3 is 2.75 bits per heavy atom. The van der Waals surface area contributed by atoms with Gasteiger partial charge in [0.1, 0.15) is 11.9 Å². The van der Waals surface area contributed by atoms with Gasteiger partial charge in [-0.05, 0) is 40.2 Å². The fourth-order valence-corrected chi connectivity index (χ4v) is 1.95. The number of rotatable bonds is 1. The van der Waals surface area contributed by atoms with E-state index < -0.39 is 5.82 Å². The van der Waals surface area contributed by atoms with Crippen LogP contribution in [-0.4, -0.2) is 4.98 Å². The summed E-state index contributed by atoms with van der Waals surface area (Å²) in [5.74, 6) is -0.399. The maximum atomic E-state index is 13.7. The maximum absolute atomic E-state index is 13.7. The highest BCUT2D eigenvalue weighted by Gasteiger charge is 2.13. The van der Waals surface area contributed by atoms with E-state index in [1.54, 1.807) is 24.3 Å². The molecule has 0 radical (unpaired) electrons. The molecule has 0 unspecified atom stereocenters. The molecule has 0 aliphatic heterocycles. The van der Waals surface area contributed by atoms with Gasteiger partial charge in [0.05, 0.1) is 16.8 Å². The van der Waals surface area contributed by atoms with Gasteiger partial charge in [-0.1, -0.05) is 6.07 Å². The fourth-order valence-electron chi connectivity index (χ4n) is 1.42. The standard InChI is InChI=1S/C12H6BrFN2/c13-9-4-1-5-10(14)11(9)12-8(7-15)3-2-6-16-12/h1-6H. The first kappa shape index (κ1) is 10.8. The summed E-state index contributed by atoms with van der Waals surface area (Å²) in [6, 6.07) is 9.92. The van der Waals surface area contributed by atoms with Crippen LogP contribution in [0.2, 0.25) is 0 Å². The van der Waals surface area contributed by atoms with Crippen LogP contribution in [0.4, 0.5) is 4.39 Å². The van der Waals surface area contributed by atoms with E-state index in [0.717, 1.165) is 0 Å². The number of nitrogens with zero attached hydrogens (tertiary/aromatic N) is 2. The normalized spacial score (nSPS) is 9.81. The molecule has 0 fully saturated rings. The Hall–Kier alpha value is -1.73. The smallest absolute Gasteiger partial charge is 0.133 e. The first-order valence-corrected chi connectivity index (χ1v) is 5.33. The first-order chi connectivity index (χ1) is 7.74. The monoisotopic (exact) mass is 276 g/mol. The summed E-state index contributed by atoms with van der Waals surface area (Å²) in [6.45, 7) is 0. The molecule has 0 aliphatic carbocycles. The molecule has 0 bridgehead atoms. The second-order valence-corrected chi connectivity index (χ2v) is 3.96. The van der Waals surface area contributed by atoms with Crippen LogP contribution in [0.15, 0.2) is 41.0 Å². The minimum absolute atomic E-state index is 0.319. The van der Waals surface area contributed by atoms with Crippen LogP contribution in [0.5, 0.6) is 0 Å². The Labute approximate surface area is 100 Å². The number of aromatic nitrogens is 1. The molecule has 0 saturated heterocycles. The van der Waals surface area contributed by atoms with Crippen molar-refractivity contribution in [3.05, 3.63) is 52.4 Å². The zero-order chi connectivity index (χ0) is 11.5. The van der Waals surface area contributed by atoms with Crippen LogP contribution in [-0.2, 0) is 0 Å². The molecular weight excluding hydrogens is 271 g/mol. The molecule has 1 aromatic heterocycles. The number of nitriles is 1. The Morgan fingerprint density at radius 2 is 2.06 bits per heavy atom. The third-order valence-electron chi connectivity index (χ3n) is 2.13. The van der Waals surface area contributed by atoms with Crippen molar-refractivity contribution in [1.82, 2.24) is 4.98 Å². The van der Waals surface area contributed by atoms with E-state index in [1.165, 1.54) is 12.3 Å². The van der Waals surface area contributed by atoms with Gasteiger partial charge in [0.25, 0.3) is 0 Å². The van der Waals surface area contributed by atoms with Crippen molar-refractivity contribution < 1.29 is 4.39 Å². The summed E-state index contributed by atoms with van der Waals surface area (Å²) in [4.78, 5) is 4.05. The molecular formula is C12H6BrFN2. The maximum Gasteiger partial charge on any atom is 0.133 e. The van der Waals surface area contributed by atoms with Gasteiger partial charge in [-0.15, -0.1) is 0 Å². The summed E-state index contributed by atoms with van der Waals surface area (Å²) in [7, 11) is 0. The topological polar surface area (TPSA) is 36.7 Å². The van der Waals surface area contributed by atoms with Crippen LogP contribution in [0.25, 0.3) is 11.3 Å². The van der Waals surface area contributed by atoms with Gasteiger partial charge in [0.15, 0.2) is 0 Å². The molecule has 0 amide bonds. The van der Waals surface area contributed by atoms with E-state index >= 15 is 0 Å². The quantitative estimate of drug-likeness (QED) is 0.799. The highest BCUT2D eigenvalue weighted by Crippen LogP contribution is 2.31. The molecule has 2 rings (SSSR count). The summed E-state index contributed by atoms with van der Waals surface area (Å²) in [6.07, 6.45) is 1.54. The summed E-state index contributed by atoms with van der Waals surface area (Å²) >= 11 is 3.26. The van der Waals surface area contributed by atoms with E-state index in [2.05, 4.69) is 20.9 Å². The third kappa shape index (κ3) is 1.82. The molecule has 0 atom stereocenters. The number of halogens is 2. The van der Waals surface area contributed by atoms with Crippen molar-refractivity contribution in [2.75, 3.05) is 0 Å². The van der Waals surface area contributed by atoms with Gasteiger partial charge in [-0.2, -0.15) is 5.26 Å². The predicted octanol–water partition coefficient (Wildman–Crippen LogP) is 3.52. The average Bonchev–Trinajstić information content (AvgIpc) is 2.29. The lowest BCUT2D eigenvalue weighted by Gasteiger charge is -2.06. The second kappa shape index (κ2) is 4.42. The van der Waals surface area contributed by atoms with E-state index in [4.69, 9.17) is 5.26 Å². The van der Waals surface area contributed by atoms with Crippen molar-refractivity contribution in [3.8, 4) is 17.3 Å². The third-order valence-corrected chi connectivity index (χ3v) is 2.79. The van der Waals surface area contributed by atoms with Crippen molar-refractivity contribution in [1.29, 1.82) is 5.26 Å². The molecule has 16 heavy (non-hydrogen) atoms. The van der Waals surface area contributed by atoms with Crippen molar-refractivity contribution in [3.63, 3.8) is 0 Å². The molecule has 0 aliphatic rings. The predicted molar refractivity (Wildman–Crippen MR) is 62.0 cm³/mol. The van der Waals surface area contributed by atoms with Crippen molar-refractivity contribution in [2.24, 2.45) is 0 Å². The summed E-state index contributed by atoms with van der Waals surface area (Å²) < 4.78 is 14.3. The van der Waals surface area contributed by atoms with Crippen LogP contribution in [0, 0.1) is 17.1 Å². The Kier molecular flexibility index (Phi) is 2.97. The Bertz CT molecular complexity index is 555. The van der Waals surface area contributed by atoms with E-state index in [1.807, 2.05) is 6.07 Å². The first-order valence-electron chi connectivity index (χ1n) is 4.53. The minimum Gasteiger partial charge on any atom is -0.255 e. The van der Waals surface area contributed by atoms with Gasteiger partial charge in [0.2, 0.25) is 0 Å². The van der Waals surface area contributed by atoms with Crippen LogP contribution in [0.1, 0.15) is 5.56 Å². The van der Waals surface area contributed by atoms with Gasteiger partial charge >= 0.3 is 0 Å². The van der Waals surface area contributed by atoms with Gasteiger partial charge in [-0.3, -0.25) is 4.98 Å². The highest BCUT2D eigenvalue weighted by molar-refractivity contribution is 9.10. The number of pyridine rings is 1. The molecule has 2 nitrogen and oxygen atoms in total. The number of hydrogen-bond acceptors (Lipinski definition) is 2. The Morgan fingerprint density at radius 1 is 1.25 bits per heavy atom. The molecule has 78 valence electrons. The zero-order valence-corrected chi connectivity index (χ0v) is 9.70. The van der Waals surface area contributed by atoms with Crippen LogP contribution < -0.4 is 0 Å². The number of benzene rings is 1. The average molecular weight is 277 g/mol. The second-order valence-electron chi connectivity index (χ2n) is 3.11. The molecule has 0 spiro atoms.